The molecule has 0 spiro atoms. The van der Waals surface area contributed by atoms with Crippen LogP contribution in [0, 0.1) is 11.3 Å². The molecule has 2 N–H and O–H groups in total. The summed E-state index contributed by atoms with van der Waals surface area (Å²) in [4.78, 5) is 33.5. The number of carbonyl (C=O) groups is 1. The molecule has 5 rings (SSSR count). The van der Waals surface area contributed by atoms with Crippen molar-refractivity contribution in [2.24, 2.45) is 0 Å². The summed E-state index contributed by atoms with van der Waals surface area (Å²) in [5.74, 6) is -0.606. The third-order valence-corrected chi connectivity index (χ3v) is 5.52. The van der Waals surface area contributed by atoms with E-state index in [1.807, 2.05) is 47.8 Å². The second-order valence-electron chi connectivity index (χ2n) is 6.57. The average molecular weight is 411 g/mol. The van der Waals surface area contributed by atoms with Gasteiger partial charge in [0.25, 0.3) is 11.5 Å². The fraction of sp³-hybridized carbons (Fsp3) is 0. The number of fused-ring (bicyclic) bond motifs is 3. The van der Waals surface area contributed by atoms with Crippen molar-refractivity contribution in [2.75, 3.05) is 5.32 Å². The minimum atomic E-state index is -0.606. The molecule has 0 aliphatic heterocycles. The minimum absolute atomic E-state index is 0.120. The third kappa shape index (κ3) is 2.85. The number of imidazole rings is 1. The van der Waals surface area contributed by atoms with Crippen molar-refractivity contribution in [3.63, 3.8) is 0 Å². The molecule has 0 radical (unpaired) electrons. The van der Waals surface area contributed by atoms with Gasteiger partial charge in [0.1, 0.15) is 17.3 Å². The molecule has 0 fully saturated rings. The van der Waals surface area contributed by atoms with Gasteiger partial charge in [0.05, 0.1) is 22.3 Å². The minimum Gasteiger partial charge on any atom is -0.338 e. The molecule has 0 atom stereocenters. The molecule has 3 heterocycles. The summed E-state index contributed by atoms with van der Waals surface area (Å²) in [7, 11) is 0. The van der Waals surface area contributed by atoms with Crippen molar-refractivity contribution in [1.29, 1.82) is 5.26 Å². The van der Waals surface area contributed by atoms with Crippen LogP contribution in [0.2, 0.25) is 0 Å². The topological polar surface area (TPSA) is 103 Å². The van der Waals surface area contributed by atoms with Crippen molar-refractivity contribution in [1.82, 2.24) is 14.4 Å². The van der Waals surface area contributed by atoms with Crippen LogP contribution in [0.3, 0.4) is 0 Å². The van der Waals surface area contributed by atoms with E-state index in [1.54, 1.807) is 12.1 Å². The summed E-state index contributed by atoms with van der Waals surface area (Å²) in [6, 6.07) is 20.2. The molecular formula is C22H13N5O2S. The molecule has 5 aromatic rings. The van der Waals surface area contributed by atoms with E-state index in [4.69, 9.17) is 0 Å². The predicted octanol–water partition coefficient (Wildman–Crippen LogP) is 4.03. The average Bonchev–Trinajstić information content (AvgIpc) is 3.39. The summed E-state index contributed by atoms with van der Waals surface area (Å²) in [5.41, 5.74) is 2.92. The Balaban J connectivity index is 1.56. The fourth-order valence-electron chi connectivity index (χ4n) is 3.36. The van der Waals surface area contributed by atoms with Gasteiger partial charge in [0, 0.05) is 10.9 Å². The van der Waals surface area contributed by atoms with E-state index in [1.165, 1.54) is 21.8 Å². The monoisotopic (exact) mass is 411 g/mol. The number of benzene rings is 2. The van der Waals surface area contributed by atoms with E-state index in [0.29, 0.717) is 21.8 Å². The first-order valence-corrected chi connectivity index (χ1v) is 9.92. The van der Waals surface area contributed by atoms with Crippen molar-refractivity contribution in [2.45, 2.75) is 0 Å². The number of pyridine rings is 1. The molecule has 0 bridgehead atoms. The lowest BCUT2D eigenvalue weighted by Gasteiger charge is -2.04. The maximum absolute atomic E-state index is 13.1. The highest BCUT2D eigenvalue weighted by Gasteiger charge is 2.19. The van der Waals surface area contributed by atoms with Gasteiger partial charge in [0.2, 0.25) is 0 Å². The molecule has 0 saturated carbocycles. The zero-order valence-corrected chi connectivity index (χ0v) is 16.2. The van der Waals surface area contributed by atoms with Crippen LogP contribution in [0.1, 0.15) is 15.9 Å². The van der Waals surface area contributed by atoms with Crippen molar-refractivity contribution >= 4 is 39.1 Å². The van der Waals surface area contributed by atoms with Crippen LogP contribution in [-0.2, 0) is 0 Å². The van der Waals surface area contributed by atoms with E-state index in [0.717, 1.165) is 11.3 Å². The van der Waals surface area contributed by atoms with Crippen LogP contribution >= 0.6 is 11.3 Å². The van der Waals surface area contributed by atoms with E-state index < -0.39 is 11.5 Å². The molecule has 144 valence electrons. The Morgan fingerprint density at radius 1 is 1.13 bits per heavy atom. The number of anilines is 1. The Morgan fingerprint density at radius 3 is 2.70 bits per heavy atom. The lowest BCUT2D eigenvalue weighted by atomic mass is 10.2. The quantitative estimate of drug-likeness (QED) is 0.468. The number of nitriles is 1. The number of para-hydroxylation sites is 2. The van der Waals surface area contributed by atoms with Crippen LogP contribution in [0.4, 0.5) is 5.13 Å². The fourth-order valence-corrected chi connectivity index (χ4v) is 4.07. The summed E-state index contributed by atoms with van der Waals surface area (Å²) in [6.45, 7) is 0. The Labute approximate surface area is 173 Å². The number of aromatic nitrogens is 3. The van der Waals surface area contributed by atoms with Gasteiger partial charge in [-0.25, -0.2) is 4.98 Å². The number of carbonyl (C=O) groups excluding carboxylic acids is 1. The predicted molar refractivity (Wildman–Crippen MR) is 116 cm³/mol. The first kappa shape index (κ1) is 17.8. The van der Waals surface area contributed by atoms with Crippen LogP contribution in [0.5, 0.6) is 0 Å². The third-order valence-electron chi connectivity index (χ3n) is 4.76. The maximum atomic E-state index is 13.1. The molecule has 0 aliphatic rings. The SMILES string of the molecule is N#Cc1cc(C(=O)Nc2nc(-c3ccccc3)cs2)c(=O)n2c1[nH]c1ccccc12. The maximum Gasteiger partial charge on any atom is 0.269 e. The Kier molecular flexibility index (Phi) is 4.16. The zero-order valence-electron chi connectivity index (χ0n) is 15.4. The van der Waals surface area contributed by atoms with Gasteiger partial charge in [-0.1, -0.05) is 42.5 Å². The van der Waals surface area contributed by atoms with E-state index in [2.05, 4.69) is 21.4 Å². The molecule has 7 nitrogen and oxygen atoms in total. The van der Waals surface area contributed by atoms with Crippen molar-refractivity contribution in [3.8, 4) is 17.3 Å². The first-order chi connectivity index (χ1) is 14.7. The number of hydrogen-bond donors (Lipinski definition) is 2. The number of thiazole rings is 1. The standard InChI is InChI=1S/C22H13N5O2S/c23-11-14-10-15(21(29)27-18-9-5-4-8-16(18)24-19(14)27)20(28)26-22-25-17(12-30-22)13-6-2-1-3-7-13/h1-10,12,24H,(H,25,26,28). The number of rotatable bonds is 3. The summed E-state index contributed by atoms with van der Waals surface area (Å²) in [6.07, 6.45) is 0. The lowest BCUT2D eigenvalue weighted by Crippen LogP contribution is -2.26. The number of amides is 1. The molecule has 1 amide bonds. The highest BCUT2D eigenvalue weighted by molar-refractivity contribution is 7.14. The highest BCUT2D eigenvalue weighted by atomic mass is 32.1. The largest absolute Gasteiger partial charge is 0.338 e. The van der Waals surface area contributed by atoms with Crippen molar-refractivity contribution < 1.29 is 4.79 Å². The van der Waals surface area contributed by atoms with Crippen LogP contribution < -0.4 is 10.9 Å². The first-order valence-electron chi connectivity index (χ1n) is 9.04. The highest BCUT2D eigenvalue weighted by Crippen LogP contribution is 2.25. The molecule has 0 unspecified atom stereocenters. The molecule has 0 aliphatic carbocycles. The Hall–Kier alpha value is -4.22. The van der Waals surface area contributed by atoms with Crippen molar-refractivity contribution in [3.05, 3.63) is 87.5 Å². The van der Waals surface area contributed by atoms with Gasteiger partial charge >= 0.3 is 0 Å². The summed E-state index contributed by atoms with van der Waals surface area (Å²) >= 11 is 1.27. The van der Waals surface area contributed by atoms with E-state index in [9.17, 15) is 14.9 Å². The smallest absolute Gasteiger partial charge is 0.269 e. The second-order valence-corrected chi connectivity index (χ2v) is 7.43. The normalized spacial score (nSPS) is 10.9. The van der Waals surface area contributed by atoms with Crippen LogP contribution in [-0.4, -0.2) is 20.3 Å². The Bertz CT molecular complexity index is 1520. The number of hydrogen-bond acceptors (Lipinski definition) is 5. The molecule has 30 heavy (non-hydrogen) atoms. The second kappa shape index (κ2) is 6.99. The number of aromatic amines is 1. The Morgan fingerprint density at radius 2 is 1.90 bits per heavy atom. The van der Waals surface area contributed by atoms with Crippen LogP contribution in [0.25, 0.3) is 27.9 Å². The lowest BCUT2D eigenvalue weighted by molar-refractivity contribution is 0.102. The molecule has 0 saturated heterocycles. The van der Waals surface area contributed by atoms with Gasteiger partial charge in [-0.3, -0.25) is 19.3 Å². The van der Waals surface area contributed by atoms with Gasteiger partial charge in [-0.2, -0.15) is 5.26 Å². The molecule has 8 heteroatoms. The number of nitrogens with zero attached hydrogens (tertiary/aromatic N) is 3. The molecule has 2 aromatic carbocycles. The van der Waals surface area contributed by atoms with Gasteiger partial charge in [-0.15, -0.1) is 11.3 Å². The van der Waals surface area contributed by atoms with E-state index >= 15 is 0 Å². The zero-order chi connectivity index (χ0) is 20.7. The molecular weight excluding hydrogens is 398 g/mol. The number of nitrogens with one attached hydrogen (secondary N) is 2. The summed E-state index contributed by atoms with van der Waals surface area (Å²) < 4.78 is 1.36. The summed E-state index contributed by atoms with van der Waals surface area (Å²) in [5, 5.41) is 14.4. The number of H-pyrrole nitrogens is 1. The van der Waals surface area contributed by atoms with Gasteiger partial charge < -0.3 is 4.98 Å². The van der Waals surface area contributed by atoms with E-state index in [-0.39, 0.29) is 11.1 Å². The van der Waals surface area contributed by atoms with Gasteiger partial charge in [0.15, 0.2) is 5.13 Å². The molecule has 3 aromatic heterocycles. The van der Waals surface area contributed by atoms with Gasteiger partial charge in [-0.05, 0) is 18.2 Å². The van der Waals surface area contributed by atoms with Crippen LogP contribution in [0.15, 0.2) is 70.8 Å².